The Balaban J connectivity index is 1.64. The van der Waals surface area contributed by atoms with Crippen molar-refractivity contribution in [2.75, 3.05) is 30.8 Å². The van der Waals surface area contributed by atoms with Crippen LogP contribution in [0.25, 0.3) is 17.0 Å². The summed E-state index contributed by atoms with van der Waals surface area (Å²) < 4.78 is 59.0. The third-order valence-corrected chi connectivity index (χ3v) is 5.59. The lowest BCUT2D eigenvalue weighted by molar-refractivity contribution is -0.0802. The minimum absolute atomic E-state index is 0.129. The SMILES string of the molecule is CC1(C)CN(c2cc(-c3cnc4ccc(C(F)F)nn34)ncn2)CC(CNS(C)(=O)=O)O1. The van der Waals surface area contributed by atoms with Gasteiger partial charge in [-0.05, 0) is 26.0 Å². The van der Waals surface area contributed by atoms with E-state index in [-0.39, 0.29) is 12.2 Å². The van der Waals surface area contributed by atoms with Crippen molar-refractivity contribution in [3.8, 4) is 11.4 Å². The van der Waals surface area contributed by atoms with E-state index in [1.807, 2.05) is 18.7 Å². The summed E-state index contributed by atoms with van der Waals surface area (Å²) in [5.41, 5.74) is 0.432. The van der Waals surface area contributed by atoms with Gasteiger partial charge in [0.1, 0.15) is 23.5 Å². The maximum absolute atomic E-state index is 13.1. The highest BCUT2D eigenvalue weighted by molar-refractivity contribution is 7.88. The minimum atomic E-state index is -3.35. The Morgan fingerprint density at radius 1 is 1.28 bits per heavy atom. The van der Waals surface area contributed by atoms with Crippen LogP contribution in [0.1, 0.15) is 26.0 Å². The largest absolute Gasteiger partial charge is 0.367 e. The molecule has 0 bridgehead atoms. The number of ether oxygens (including phenoxy) is 1. The summed E-state index contributed by atoms with van der Waals surface area (Å²) in [7, 11) is -3.35. The van der Waals surface area contributed by atoms with Gasteiger partial charge in [-0.15, -0.1) is 0 Å². The lowest BCUT2D eigenvalue weighted by Crippen LogP contribution is -2.56. The van der Waals surface area contributed by atoms with Gasteiger partial charge in [0.2, 0.25) is 10.0 Å². The van der Waals surface area contributed by atoms with Crippen LogP contribution in [-0.2, 0) is 14.8 Å². The Labute approximate surface area is 183 Å². The average Bonchev–Trinajstić information content (AvgIpc) is 3.14. The van der Waals surface area contributed by atoms with Crippen LogP contribution in [-0.4, -0.2) is 70.6 Å². The first-order chi connectivity index (χ1) is 15.0. The molecule has 0 radical (unpaired) electrons. The predicted octanol–water partition coefficient (Wildman–Crippen LogP) is 1.66. The smallest absolute Gasteiger partial charge is 0.282 e. The quantitative estimate of drug-likeness (QED) is 0.582. The highest BCUT2D eigenvalue weighted by atomic mass is 32.2. The van der Waals surface area contributed by atoms with E-state index in [1.165, 1.54) is 29.2 Å². The standard InChI is InChI=1S/C19H23F2N7O3S/c1-19(2)10-27(9-12(31-19)7-25-32(3,29)30)17-6-14(23-11-24-17)15-8-22-16-5-4-13(18(20)21)26-28(15)16/h4-6,8,11-12,18,25H,7,9-10H2,1-3H3. The van der Waals surface area contributed by atoms with E-state index in [0.29, 0.717) is 35.9 Å². The number of fused-ring (bicyclic) bond motifs is 1. The molecule has 1 saturated heterocycles. The Morgan fingerprint density at radius 2 is 2.06 bits per heavy atom. The van der Waals surface area contributed by atoms with Crippen molar-refractivity contribution in [3.63, 3.8) is 0 Å². The molecule has 1 unspecified atom stereocenters. The van der Waals surface area contributed by atoms with E-state index < -0.39 is 28.2 Å². The summed E-state index contributed by atoms with van der Waals surface area (Å²) in [4.78, 5) is 14.8. The van der Waals surface area contributed by atoms with Crippen LogP contribution in [0.2, 0.25) is 0 Å². The van der Waals surface area contributed by atoms with Crippen LogP contribution in [0, 0.1) is 0 Å². The Kier molecular flexibility index (Phi) is 5.81. The molecule has 0 spiro atoms. The van der Waals surface area contributed by atoms with Gasteiger partial charge in [-0.3, -0.25) is 0 Å². The zero-order chi connectivity index (χ0) is 23.1. The normalized spacial score (nSPS) is 19.1. The molecule has 0 aliphatic carbocycles. The molecular formula is C19H23F2N7O3S. The molecule has 0 saturated carbocycles. The van der Waals surface area contributed by atoms with E-state index >= 15 is 0 Å². The number of imidazole rings is 1. The molecule has 1 fully saturated rings. The number of morpholine rings is 1. The number of hydrogen-bond acceptors (Lipinski definition) is 8. The van der Waals surface area contributed by atoms with Crippen LogP contribution in [0.15, 0.2) is 30.7 Å². The van der Waals surface area contributed by atoms with Crippen LogP contribution in [0.3, 0.4) is 0 Å². The maximum atomic E-state index is 13.1. The molecule has 3 aromatic heterocycles. The summed E-state index contributed by atoms with van der Waals surface area (Å²) in [5.74, 6) is 0.593. The molecule has 32 heavy (non-hydrogen) atoms. The number of hydrogen-bond donors (Lipinski definition) is 1. The first-order valence-electron chi connectivity index (χ1n) is 9.83. The van der Waals surface area contributed by atoms with E-state index in [0.717, 1.165) is 6.26 Å². The third kappa shape index (κ3) is 5.00. The first-order valence-corrected chi connectivity index (χ1v) is 11.7. The zero-order valence-corrected chi connectivity index (χ0v) is 18.6. The third-order valence-electron chi connectivity index (χ3n) is 4.90. The van der Waals surface area contributed by atoms with E-state index in [1.54, 1.807) is 6.07 Å². The van der Waals surface area contributed by atoms with Gasteiger partial charge in [0.25, 0.3) is 6.43 Å². The van der Waals surface area contributed by atoms with Crippen LogP contribution in [0.5, 0.6) is 0 Å². The molecule has 4 rings (SSSR count). The van der Waals surface area contributed by atoms with E-state index in [9.17, 15) is 17.2 Å². The second kappa shape index (κ2) is 8.30. The summed E-state index contributed by atoms with van der Waals surface area (Å²) in [5, 5.41) is 3.98. The van der Waals surface area contributed by atoms with E-state index in [4.69, 9.17) is 4.74 Å². The second-order valence-electron chi connectivity index (χ2n) is 8.23. The second-order valence-corrected chi connectivity index (χ2v) is 10.1. The molecule has 0 aromatic carbocycles. The van der Waals surface area contributed by atoms with Gasteiger partial charge in [0.05, 0.1) is 29.9 Å². The first kappa shape index (κ1) is 22.4. The van der Waals surface area contributed by atoms with Crippen molar-refractivity contribution in [3.05, 3.63) is 36.4 Å². The minimum Gasteiger partial charge on any atom is -0.367 e. The fourth-order valence-corrected chi connectivity index (χ4v) is 4.15. The van der Waals surface area contributed by atoms with Crippen molar-refractivity contribution in [1.29, 1.82) is 0 Å². The molecule has 0 amide bonds. The van der Waals surface area contributed by atoms with E-state index in [2.05, 4.69) is 24.8 Å². The molecule has 3 aromatic rings. The molecule has 1 aliphatic heterocycles. The van der Waals surface area contributed by atoms with Crippen molar-refractivity contribution < 1.29 is 21.9 Å². The molecule has 13 heteroatoms. The maximum Gasteiger partial charge on any atom is 0.282 e. The van der Waals surface area contributed by atoms with Gasteiger partial charge in [0, 0.05) is 25.7 Å². The monoisotopic (exact) mass is 467 g/mol. The fourth-order valence-electron chi connectivity index (χ4n) is 3.66. The molecule has 10 nitrogen and oxygen atoms in total. The predicted molar refractivity (Wildman–Crippen MR) is 113 cm³/mol. The number of halogens is 2. The highest BCUT2D eigenvalue weighted by Crippen LogP contribution is 2.28. The summed E-state index contributed by atoms with van der Waals surface area (Å²) in [6, 6.07) is 4.44. The van der Waals surface area contributed by atoms with Gasteiger partial charge in [-0.2, -0.15) is 5.10 Å². The van der Waals surface area contributed by atoms with Crippen molar-refractivity contribution in [2.45, 2.75) is 32.0 Å². The molecule has 4 heterocycles. The van der Waals surface area contributed by atoms with Gasteiger partial charge < -0.3 is 9.64 Å². The molecular weight excluding hydrogens is 444 g/mol. The molecule has 1 N–H and O–H groups in total. The Morgan fingerprint density at radius 3 is 2.78 bits per heavy atom. The topological polar surface area (TPSA) is 115 Å². The molecule has 172 valence electrons. The summed E-state index contributed by atoms with van der Waals surface area (Å²) in [6.07, 6.45) is 0.902. The number of nitrogens with one attached hydrogen (secondary N) is 1. The van der Waals surface area contributed by atoms with Crippen molar-refractivity contribution in [1.82, 2.24) is 29.3 Å². The lowest BCUT2D eigenvalue weighted by Gasteiger charge is -2.43. The number of alkyl halides is 2. The fraction of sp³-hybridized carbons (Fsp3) is 0.474. The molecule has 1 aliphatic rings. The van der Waals surface area contributed by atoms with Gasteiger partial charge in [-0.25, -0.2) is 41.4 Å². The number of aromatic nitrogens is 5. The number of nitrogens with zero attached hydrogens (tertiary/aromatic N) is 6. The van der Waals surface area contributed by atoms with Crippen LogP contribution in [0.4, 0.5) is 14.6 Å². The van der Waals surface area contributed by atoms with Gasteiger partial charge in [-0.1, -0.05) is 0 Å². The Hall–Kier alpha value is -2.77. The van der Waals surface area contributed by atoms with Gasteiger partial charge in [0.15, 0.2) is 5.65 Å². The summed E-state index contributed by atoms with van der Waals surface area (Å²) in [6.45, 7) is 4.87. The summed E-state index contributed by atoms with van der Waals surface area (Å²) >= 11 is 0. The van der Waals surface area contributed by atoms with Gasteiger partial charge >= 0.3 is 0 Å². The number of rotatable bonds is 6. The lowest BCUT2D eigenvalue weighted by atomic mass is 10.1. The Bertz CT molecular complexity index is 1230. The highest BCUT2D eigenvalue weighted by Gasteiger charge is 2.34. The molecule has 1 atom stereocenters. The number of anilines is 1. The van der Waals surface area contributed by atoms with Crippen molar-refractivity contribution in [2.24, 2.45) is 0 Å². The zero-order valence-electron chi connectivity index (χ0n) is 17.7. The average molecular weight is 468 g/mol. The van der Waals surface area contributed by atoms with Crippen LogP contribution < -0.4 is 9.62 Å². The van der Waals surface area contributed by atoms with Crippen LogP contribution >= 0.6 is 0 Å². The van der Waals surface area contributed by atoms with Crippen molar-refractivity contribution >= 4 is 21.5 Å². The number of sulfonamides is 1.